The lowest BCUT2D eigenvalue weighted by atomic mass is 9.55. The fourth-order valence-electron chi connectivity index (χ4n) is 5.14. The van der Waals surface area contributed by atoms with E-state index >= 15 is 0 Å². The first-order valence-electron chi connectivity index (χ1n) is 9.01. The summed E-state index contributed by atoms with van der Waals surface area (Å²) in [6.45, 7) is 0. The molecule has 8 N–H and O–H groups in total. The highest BCUT2D eigenvalue weighted by molar-refractivity contribution is 6.33. The number of amides is 1. The van der Waals surface area contributed by atoms with Crippen molar-refractivity contribution >= 4 is 34.8 Å². The Balaban J connectivity index is 1.86. The average molecular weight is 423 g/mol. The Kier molecular flexibility index (Phi) is 4.20. The van der Waals surface area contributed by atoms with Crippen molar-refractivity contribution in [2.75, 3.05) is 5.73 Å². The molecular formula is C19H19ClN2O7. The molecule has 10 heteroatoms. The number of halogens is 1. The Labute approximate surface area is 169 Å². The number of benzene rings is 1. The van der Waals surface area contributed by atoms with Crippen LogP contribution >= 0.6 is 11.6 Å². The lowest BCUT2D eigenvalue weighted by Gasteiger charge is -2.52. The minimum Gasteiger partial charge on any atom is -0.508 e. The first kappa shape index (κ1) is 19.7. The molecule has 1 aromatic rings. The number of ketones is 2. The summed E-state index contributed by atoms with van der Waals surface area (Å²) in [5.74, 6) is -6.70. The van der Waals surface area contributed by atoms with Gasteiger partial charge in [-0.15, -0.1) is 0 Å². The molecule has 0 spiro atoms. The van der Waals surface area contributed by atoms with E-state index in [1.54, 1.807) is 0 Å². The number of phenols is 1. The Morgan fingerprint density at radius 3 is 2.52 bits per heavy atom. The van der Waals surface area contributed by atoms with E-state index in [1.807, 2.05) is 0 Å². The molecule has 3 aliphatic rings. The third-order valence-electron chi connectivity index (χ3n) is 6.50. The largest absolute Gasteiger partial charge is 0.508 e. The molecular weight excluding hydrogens is 404 g/mol. The number of anilines is 1. The van der Waals surface area contributed by atoms with Crippen molar-refractivity contribution in [3.8, 4) is 5.75 Å². The van der Waals surface area contributed by atoms with Gasteiger partial charge in [0.1, 0.15) is 23.2 Å². The van der Waals surface area contributed by atoms with Crippen LogP contribution in [0.5, 0.6) is 5.75 Å². The molecule has 0 radical (unpaired) electrons. The van der Waals surface area contributed by atoms with Crippen LogP contribution in [0, 0.1) is 17.8 Å². The van der Waals surface area contributed by atoms with Gasteiger partial charge >= 0.3 is 0 Å². The molecule has 4 rings (SSSR count). The Morgan fingerprint density at radius 1 is 1.24 bits per heavy atom. The molecule has 0 aromatic heterocycles. The van der Waals surface area contributed by atoms with E-state index < -0.39 is 64.0 Å². The lowest BCUT2D eigenvalue weighted by Crippen LogP contribution is -2.64. The summed E-state index contributed by atoms with van der Waals surface area (Å²) < 4.78 is 0. The van der Waals surface area contributed by atoms with E-state index in [-0.39, 0.29) is 35.5 Å². The van der Waals surface area contributed by atoms with Gasteiger partial charge in [0.2, 0.25) is 0 Å². The Bertz CT molecular complexity index is 1020. The number of aliphatic hydroxyl groups excluding tert-OH is 2. The molecule has 3 aliphatic carbocycles. The average Bonchev–Trinajstić information content (AvgIpc) is 2.62. The number of hydrogen-bond donors (Lipinski definition) is 6. The van der Waals surface area contributed by atoms with Crippen LogP contribution in [0.25, 0.3) is 0 Å². The molecule has 0 aliphatic heterocycles. The third-order valence-corrected chi connectivity index (χ3v) is 6.81. The van der Waals surface area contributed by atoms with Gasteiger partial charge in [-0.3, -0.25) is 14.4 Å². The Hall–Kier alpha value is -2.62. The number of rotatable bonds is 1. The number of nitrogens with two attached hydrogens (primary N) is 2. The van der Waals surface area contributed by atoms with Gasteiger partial charge in [-0.2, -0.15) is 0 Å². The van der Waals surface area contributed by atoms with E-state index in [1.165, 1.54) is 0 Å². The van der Waals surface area contributed by atoms with E-state index in [0.717, 1.165) is 6.07 Å². The van der Waals surface area contributed by atoms with Gasteiger partial charge in [0, 0.05) is 18.4 Å². The van der Waals surface area contributed by atoms with Crippen molar-refractivity contribution in [3.63, 3.8) is 0 Å². The maximum Gasteiger partial charge on any atom is 0.255 e. The first-order valence-corrected chi connectivity index (χ1v) is 9.39. The molecule has 1 saturated carbocycles. The predicted octanol–water partition coefficient (Wildman–Crippen LogP) is -0.0189. The highest BCUT2D eigenvalue weighted by atomic mass is 35.5. The zero-order chi connectivity index (χ0) is 21.4. The van der Waals surface area contributed by atoms with Crippen LogP contribution in [0.15, 0.2) is 17.4 Å². The second-order valence-corrected chi connectivity index (χ2v) is 8.32. The summed E-state index contributed by atoms with van der Waals surface area (Å²) in [4.78, 5) is 37.0. The summed E-state index contributed by atoms with van der Waals surface area (Å²) in [7, 11) is 0. The fourth-order valence-corrected chi connectivity index (χ4v) is 5.35. The number of hydrogen-bond acceptors (Lipinski definition) is 8. The number of carbonyl (C=O) groups is 3. The number of aliphatic hydroxyl groups is 3. The van der Waals surface area contributed by atoms with Gasteiger partial charge in [0.15, 0.2) is 17.2 Å². The van der Waals surface area contributed by atoms with Gasteiger partial charge in [0.25, 0.3) is 5.91 Å². The molecule has 1 amide bonds. The third kappa shape index (κ3) is 2.44. The predicted molar refractivity (Wildman–Crippen MR) is 100 cm³/mol. The zero-order valence-corrected chi connectivity index (χ0v) is 15.8. The van der Waals surface area contributed by atoms with Crippen LogP contribution in [0.2, 0.25) is 5.02 Å². The maximum absolute atomic E-state index is 13.2. The van der Waals surface area contributed by atoms with Crippen molar-refractivity contribution in [1.29, 1.82) is 0 Å². The van der Waals surface area contributed by atoms with Crippen LogP contribution < -0.4 is 11.5 Å². The number of phenolic OH excluding ortho intramolecular Hbond substituents is 1. The summed E-state index contributed by atoms with van der Waals surface area (Å²) in [6, 6.07) is 1.13. The number of nitrogen functional groups attached to an aromatic ring is 1. The van der Waals surface area contributed by atoms with E-state index in [9.17, 15) is 34.8 Å². The molecule has 1 aromatic carbocycles. The van der Waals surface area contributed by atoms with Crippen LogP contribution in [-0.4, -0.2) is 49.6 Å². The molecule has 0 saturated heterocycles. The smallest absolute Gasteiger partial charge is 0.255 e. The topological polar surface area (TPSA) is 184 Å². The SMILES string of the molecule is NC(=O)C1=C(O)C2(O)C(CC1=O)CC1Cc3c(N)c(Cl)cc(O)c3C(=O)C1C2O. The highest BCUT2D eigenvalue weighted by Crippen LogP contribution is 2.53. The van der Waals surface area contributed by atoms with Gasteiger partial charge in [-0.05, 0) is 24.3 Å². The second-order valence-electron chi connectivity index (χ2n) is 7.92. The monoisotopic (exact) mass is 422 g/mol. The standard InChI is InChI=1S/C19H19ClN2O7/c20-8-4-10(24)12-7(14(8)21)2-5-1-6-3-9(23)13(18(22)28)17(27)19(6,29)16(26)11(5)15(12)25/h4-6,11,16,24,26-27,29H,1-3,21H2,(H2,22,28). The fraction of sp³-hybridized carbons (Fsp3) is 0.421. The van der Waals surface area contributed by atoms with Crippen molar-refractivity contribution in [2.24, 2.45) is 23.5 Å². The van der Waals surface area contributed by atoms with Gasteiger partial charge in [-0.25, -0.2) is 0 Å². The molecule has 0 heterocycles. The second kappa shape index (κ2) is 6.19. The molecule has 5 unspecified atom stereocenters. The van der Waals surface area contributed by atoms with Crippen molar-refractivity contribution < 1.29 is 34.8 Å². The number of primary amides is 1. The normalized spacial score (nSPS) is 33.8. The highest BCUT2D eigenvalue weighted by Gasteiger charge is 2.62. The molecule has 154 valence electrons. The molecule has 29 heavy (non-hydrogen) atoms. The molecule has 0 bridgehead atoms. The van der Waals surface area contributed by atoms with Crippen molar-refractivity contribution in [1.82, 2.24) is 0 Å². The van der Waals surface area contributed by atoms with Gasteiger partial charge in [0.05, 0.1) is 22.2 Å². The maximum atomic E-state index is 13.2. The number of carbonyl (C=O) groups excluding carboxylic acids is 3. The van der Waals surface area contributed by atoms with Gasteiger partial charge < -0.3 is 31.9 Å². The minimum absolute atomic E-state index is 0.0832. The van der Waals surface area contributed by atoms with Crippen LogP contribution in [0.3, 0.4) is 0 Å². The van der Waals surface area contributed by atoms with Crippen molar-refractivity contribution in [2.45, 2.75) is 31.0 Å². The zero-order valence-electron chi connectivity index (χ0n) is 15.1. The number of Topliss-reactive ketones (excluding diaryl/α,β-unsaturated/α-hetero) is 2. The van der Waals surface area contributed by atoms with E-state index in [4.69, 9.17) is 23.1 Å². The van der Waals surface area contributed by atoms with E-state index in [0.29, 0.717) is 5.56 Å². The van der Waals surface area contributed by atoms with Gasteiger partial charge in [-0.1, -0.05) is 11.6 Å². The molecule has 1 fully saturated rings. The van der Waals surface area contributed by atoms with Crippen LogP contribution in [0.1, 0.15) is 28.8 Å². The van der Waals surface area contributed by atoms with Crippen LogP contribution in [0.4, 0.5) is 5.69 Å². The summed E-state index contributed by atoms with van der Waals surface area (Å²) in [5.41, 5.74) is 8.36. The molecule has 9 nitrogen and oxygen atoms in total. The first-order chi connectivity index (χ1) is 13.5. The lowest BCUT2D eigenvalue weighted by molar-refractivity contribution is -0.170. The summed E-state index contributed by atoms with van der Waals surface area (Å²) in [6.07, 6.45) is -1.88. The Morgan fingerprint density at radius 2 is 1.90 bits per heavy atom. The number of aromatic hydroxyl groups is 1. The quantitative estimate of drug-likeness (QED) is 0.207. The summed E-state index contributed by atoms with van der Waals surface area (Å²) in [5, 5.41) is 42.9. The summed E-state index contributed by atoms with van der Waals surface area (Å²) >= 11 is 6.01. The minimum atomic E-state index is -2.39. The number of fused-ring (bicyclic) bond motifs is 3. The van der Waals surface area contributed by atoms with E-state index in [2.05, 4.69) is 0 Å². The molecule has 5 atom stereocenters. The van der Waals surface area contributed by atoms with Crippen LogP contribution in [-0.2, 0) is 16.0 Å². The van der Waals surface area contributed by atoms with Crippen molar-refractivity contribution in [3.05, 3.63) is 33.5 Å².